The number of carbonyl (C=O) groups is 1. The Labute approximate surface area is 63.2 Å². The summed E-state index contributed by atoms with van der Waals surface area (Å²) in [6, 6.07) is 0. The van der Waals surface area contributed by atoms with E-state index < -0.39 is 0 Å². The van der Waals surface area contributed by atoms with Gasteiger partial charge in [0, 0.05) is 0 Å². The van der Waals surface area contributed by atoms with Crippen LogP contribution in [0.2, 0.25) is 0 Å². The molecule has 1 nitrogen and oxygen atoms in total. The third-order valence-electron chi connectivity index (χ3n) is 1.15. The molecular weight excluding hydrogens is 123 g/mol. The summed E-state index contributed by atoms with van der Waals surface area (Å²) in [4.78, 5) is 10.6. The number of hydrogen-bond donors (Lipinski definition) is 0. The first-order valence-electron chi connectivity index (χ1n) is 3.15. The topological polar surface area (TPSA) is 17.1 Å². The van der Waals surface area contributed by atoms with Crippen molar-refractivity contribution in [3.63, 3.8) is 0 Å². The highest BCUT2D eigenvalue weighted by Gasteiger charge is 1.91. The fourth-order valence-electron chi connectivity index (χ4n) is 0.374. The summed E-state index contributed by atoms with van der Waals surface area (Å²) in [5.74, 6) is 0.0810. The van der Waals surface area contributed by atoms with Crippen LogP contribution in [0.4, 0.5) is 0 Å². The van der Waals surface area contributed by atoms with Gasteiger partial charge in [-0.05, 0) is 19.4 Å². The van der Waals surface area contributed by atoms with Gasteiger partial charge in [-0.2, -0.15) is 0 Å². The number of ketones is 1. The van der Waals surface area contributed by atoms with Crippen molar-refractivity contribution in [3.8, 4) is 0 Å². The molecular formula is C8H11BO. The lowest BCUT2D eigenvalue weighted by atomic mass is 9.97. The van der Waals surface area contributed by atoms with Crippen LogP contribution in [0.3, 0.4) is 0 Å². The lowest BCUT2D eigenvalue weighted by molar-refractivity contribution is -0.113. The van der Waals surface area contributed by atoms with Crippen molar-refractivity contribution in [3.05, 3.63) is 23.2 Å². The summed E-state index contributed by atoms with van der Waals surface area (Å²) in [6.45, 7) is 5.08. The minimum atomic E-state index is 0.0810. The van der Waals surface area contributed by atoms with Crippen molar-refractivity contribution >= 4 is 13.6 Å². The van der Waals surface area contributed by atoms with E-state index in [4.69, 9.17) is 7.85 Å². The second-order valence-electron chi connectivity index (χ2n) is 2.32. The Morgan fingerprint density at radius 2 is 1.70 bits per heavy atom. The van der Waals surface area contributed by atoms with Gasteiger partial charge >= 0.3 is 0 Å². The van der Waals surface area contributed by atoms with E-state index in [9.17, 15) is 4.79 Å². The fourth-order valence-corrected chi connectivity index (χ4v) is 0.374. The summed E-state index contributed by atoms with van der Waals surface area (Å²) in [5.41, 5.74) is 1.44. The summed E-state index contributed by atoms with van der Waals surface area (Å²) >= 11 is 0. The molecule has 0 amide bonds. The number of carbonyl (C=O) groups excluding carboxylic acids is 1. The Morgan fingerprint density at radius 1 is 1.20 bits per heavy atom. The van der Waals surface area contributed by atoms with Crippen LogP contribution in [0.5, 0.6) is 0 Å². The molecule has 0 saturated heterocycles. The van der Waals surface area contributed by atoms with E-state index in [1.807, 2.05) is 0 Å². The Hall–Kier alpha value is -0.785. The third kappa shape index (κ3) is 4.13. The van der Waals surface area contributed by atoms with Gasteiger partial charge in [0.2, 0.25) is 0 Å². The SMILES string of the molecule is [B]/C(C)=C/C=C(\C)C(C)=O. The van der Waals surface area contributed by atoms with Gasteiger partial charge in [0.15, 0.2) is 5.78 Å². The zero-order valence-electron chi connectivity index (χ0n) is 6.64. The predicted octanol–water partition coefficient (Wildman–Crippen LogP) is 1.59. The zero-order chi connectivity index (χ0) is 8.15. The third-order valence-corrected chi connectivity index (χ3v) is 1.15. The Balaban J connectivity index is 4.19. The standard InChI is InChI=1S/C8H11BO/c1-6(8(3)10)4-5-7(2)9/h4-5H,1-3H3/b6-4+,7-5+. The Bertz CT molecular complexity index is 185. The largest absolute Gasteiger partial charge is 0.295 e. The molecule has 2 radical (unpaired) electrons. The number of allylic oxidation sites excluding steroid dienone is 4. The van der Waals surface area contributed by atoms with Crippen LogP contribution in [0.25, 0.3) is 0 Å². The molecule has 0 aliphatic rings. The number of rotatable bonds is 2. The van der Waals surface area contributed by atoms with Crippen LogP contribution in [0.15, 0.2) is 23.2 Å². The maximum Gasteiger partial charge on any atom is 0.155 e. The molecule has 0 N–H and O–H groups in total. The summed E-state index contributed by atoms with van der Waals surface area (Å²) in [7, 11) is 5.35. The van der Waals surface area contributed by atoms with Gasteiger partial charge in [0.25, 0.3) is 0 Å². The molecule has 0 aliphatic carbocycles. The summed E-state index contributed by atoms with van der Waals surface area (Å²) in [6.07, 6.45) is 3.44. The van der Waals surface area contributed by atoms with Crippen molar-refractivity contribution in [2.24, 2.45) is 0 Å². The van der Waals surface area contributed by atoms with E-state index in [0.717, 1.165) is 5.57 Å². The molecule has 0 spiro atoms. The van der Waals surface area contributed by atoms with Gasteiger partial charge in [-0.1, -0.05) is 19.1 Å². The monoisotopic (exact) mass is 134 g/mol. The second kappa shape index (κ2) is 4.10. The van der Waals surface area contributed by atoms with Crippen LogP contribution in [-0.2, 0) is 4.79 Å². The van der Waals surface area contributed by atoms with E-state index in [2.05, 4.69) is 0 Å². The molecule has 0 aromatic rings. The average Bonchev–Trinajstić information content (AvgIpc) is 1.82. The molecule has 0 rings (SSSR count). The van der Waals surface area contributed by atoms with Gasteiger partial charge < -0.3 is 0 Å². The maximum absolute atomic E-state index is 10.6. The van der Waals surface area contributed by atoms with Gasteiger partial charge in [-0.15, -0.1) is 5.47 Å². The number of hydrogen-bond acceptors (Lipinski definition) is 1. The summed E-state index contributed by atoms with van der Waals surface area (Å²) < 4.78 is 0. The normalized spacial score (nSPS) is 13.5. The molecule has 0 bridgehead atoms. The van der Waals surface area contributed by atoms with E-state index in [1.54, 1.807) is 26.0 Å². The lowest BCUT2D eigenvalue weighted by Crippen LogP contribution is -1.89. The van der Waals surface area contributed by atoms with Gasteiger partial charge in [-0.3, -0.25) is 4.79 Å². The molecule has 0 heterocycles. The molecule has 0 aromatic carbocycles. The number of Topliss-reactive ketones (excluding diaryl/α,β-unsaturated/α-hetero) is 1. The smallest absolute Gasteiger partial charge is 0.155 e. The summed E-state index contributed by atoms with van der Waals surface area (Å²) in [5, 5.41) is 0. The molecule has 0 aromatic heterocycles. The average molecular weight is 134 g/mol. The molecule has 10 heavy (non-hydrogen) atoms. The van der Waals surface area contributed by atoms with Crippen LogP contribution in [0.1, 0.15) is 20.8 Å². The van der Waals surface area contributed by atoms with Gasteiger partial charge in [0.1, 0.15) is 7.85 Å². The van der Waals surface area contributed by atoms with E-state index in [0.29, 0.717) is 5.47 Å². The molecule has 0 saturated carbocycles. The fraction of sp³-hybridized carbons (Fsp3) is 0.375. The van der Waals surface area contributed by atoms with E-state index >= 15 is 0 Å². The second-order valence-corrected chi connectivity index (χ2v) is 2.32. The first kappa shape index (κ1) is 9.21. The van der Waals surface area contributed by atoms with Crippen molar-refractivity contribution < 1.29 is 4.79 Å². The molecule has 0 unspecified atom stereocenters. The zero-order valence-corrected chi connectivity index (χ0v) is 6.64. The Kier molecular flexibility index (Phi) is 3.78. The highest BCUT2D eigenvalue weighted by Crippen LogP contribution is 1.95. The predicted molar refractivity (Wildman–Crippen MR) is 43.9 cm³/mol. The van der Waals surface area contributed by atoms with E-state index in [1.165, 1.54) is 6.92 Å². The minimum Gasteiger partial charge on any atom is -0.295 e. The van der Waals surface area contributed by atoms with Crippen LogP contribution in [-0.4, -0.2) is 13.6 Å². The molecule has 0 aliphatic heterocycles. The van der Waals surface area contributed by atoms with Crippen LogP contribution < -0.4 is 0 Å². The minimum absolute atomic E-state index is 0.0810. The van der Waals surface area contributed by atoms with Crippen LogP contribution >= 0.6 is 0 Å². The molecule has 0 atom stereocenters. The first-order valence-corrected chi connectivity index (χ1v) is 3.15. The first-order chi connectivity index (χ1) is 4.54. The Morgan fingerprint density at radius 3 is 2.00 bits per heavy atom. The lowest BCUT2D eigenvalue weighted by Gasteiger charge is -1.89. The molecule has 52 valence electrons. The molecule has 2 heteroatoms. The van der Waals surface area contributed by atoms with Crippen LogP contribution in [0, 0.1) is 0 Å². The highest BCUT2D eigenvalue weighted by atomic mass is 16.1. The van der Waals surface area contributed by atoms with Crippen molar-refractivity contribution in [2.75, 3.05) is 0 Å². The van der Waals surface area contributed by atoms with Crippen molar-refractivity contribution in [2.45, 2.75) is 20.8 Å². The van der Waals surface area contributed by atoms with Crippen molar-refractivity contribution in [1.29, 1.82) is 0 Å². The van der Waals surface area contributed by atoms with Gasteiger partial charge in [-0.25, -0.2) is 0 Å². The van der Waals surface area contributed by atoms with Gasteiger partial charge in [0.05, 0.1) is 0 Å². The maximum atomic E-state index is 10.6. The quantitative estimate of drug-likeness (QED) is 0.318. The van der Waals surface area contributed by atoms with E-state index in [-0.39, 0.29) is 5.78 Å². The van der Waals surface area contributed by atoms with Crippen molar-refractivity contribution in [1.82, 2.24) is 0 Å². The highest BCUT2D eigenvalue weighted by molar-refractivity contribution is 6.21. The molecule has 0 fully saturated rings.